The molecule has 0 saturated heterocycles. The third-order valence-electron chi connectivity index (χ3n) is 4.11. The molecule has 0 aliphatic carbocycles. The Morgan fingerprint density at radius 3 is 2.65 bits per heavy atom. The minimum Gasteiger partial charge on any atom is -0.348 e. The van der Waals surface area contributed by atoms with Crippen LogP contribution in [0, 0.1) is 0 Å². The number of rotatable bonds is 6. The van der Waals surface area contributed by atoms with Crippen molar-refractivity contribution in [1.29, 1.82) is 0 Å². The van der Waals surface area contributed by atoms with Gasteiger partial charge in [0, 0.05) is 5.69 Å². The molecular weight excluding hydrogens is 354 g/mol. The van der Waals surface area contributed by atoms with Gasteiger partial charge >= 0.3 is 0 Å². The molecule has 8 heteroatoms. The van der Waals surface area contributed by atoms with Gasteiger partial charge in [-0.1, -0.05) is 30.3 Å². The summed E-state index contributed by atoms with van der Waals surface area (Å²) in [4.78, 5) is 23.4. The Bertz CT molecular complexity index is 942. The van der Waals surface area contributed by atoms with E-state index in [0.29, 0.717) is 11.3 Å². The maximum atomic E-state index is 12.4. The van der Waals surface area contributed by atoms with E-state index in [1.54, 1.807) is 6.07 Å². The molecule has 0 aromatic heterocycles. The number of hydrogen-bond acceptors (Lipinski definition) is 4. The Kier molecular flexibility index (Phi) is 5.06. The van der Waals surface area contributed by atoms with E-state index in [2.05, 4.69) is 15.4 Å². The second-order valence-corrected chi connectivity index (χ2v) is 7.84. The Morgan fingerprint density at radius 2 is 1.92 bits per heavy atom. The molecule has 1 unspecified atom stereocenters. The molecule has 1 atom stereocenters. The number of sulfonamides is 1. The number of carbonyl (C=O) groups is 2. The minimum absolute atomic E-state index is 0.0247. The van der Waals surface area contributed by atoms with E-state index in [9.17, 15) is 18.0 Å². The van der Waals surface area contributed by atoms with Gasteiger partial charge in [0.05, 0.1) is 23.9 Å². The molecular formula is C18H19N3O4S. The maximum Gasteiger partial charge on any atom is 0.241 e. The Hall–Kier alpha value is -2.71. The second-order valence-electron chi connectivity index (χ2n) is 6.07. The first-order chi connectivity index (χ1) is 12.3. The summed E-state index contributed by atoms with van der Waals surface area (Å²) in [7, 11) is -3.84. The van der Waals surface area contributed by atoms with Gasteiger partial charge in [-0.3, -0.25) is 9.59 Å². The molecule has 0 bridgehead atoms. The van der Waals surface area contributed by atoms with Crippen LogP contribution in [0.3, 0.4) is 0 Å². The lowest BCUT2D eigenvalue weighted by molar-refractivity contribution is -0.120. The first-order valence-electron chi connectivity index (χ1n) is 8.12. The smallest absolute Gasteiger partial charge is 0.241 e. The molecule has 26 heavy (non-hydrogen) atoms. The van der Waals surface area contributed by atoms with Gasteiger partial charge in [-0.15, -0.1) is 0 Å². The normalized spacial score (nSPS) is 14.4. The molecule has 0 spiro atoms. The second kappa shape index (κ2) is 7.27. The van der Waals surface area contributed by atoms with Crippen molar-refractivity contribution >= 4 is 27.5 Å². The van der Waals surface area contributed by atoms with Crippen LogP contribution >= 0.6 is 0 Å². The number of anilines is 1. The summed E-state index contributed by atoms with van der Waals surface area (Å²) in [5.41, 5.74) is 2.17. The van der Waals surface area contributed by atoms with Crippen molar-refractivity contribution in [3.05, 3.63) is 59.7 Å². The lowest BCUT2D eigenvalue weighted by Crippen LogP contribution is -2.38. The Balaban J connectivity index is 1.61. The number of carbonyl (C=O) groups excluding carboxylic acids is 2. The zero-order chi connectivity index (χ0) is 18.7. The molecule has 3 rings (SSSR count). The highest BCUT2D eigenvalue weighted by molar-refractivity contribution is 7.89. The zero-order valence-corrected chi connectivity index (χ0v) is 15.0. The van der Waals surface area contributed by atoms with Gasteiger partial charge in [0.2, 0.25) is 21.8 Å². The lowest BCUT2D eigenvalue weighted by Gasteiger charge is -2.14. The van der Waals surface area contributed by atoms with Crippen molar-refractivity contribution < 1.29 is 18.0 Å². The summed E-state index contributed by atoms with van der Waals surface area (Å²) in [6, 6.07) is 13.5. The molecule has 136 valence electrons. The lowest BCUT2D eigenvalue weighted by atomic mass is 10.1. The quantitative estimate of drug-likeness (QED) is 0.711. The van der Waals surface area contributed by atoms with Crippen LogP contribution in [0.2, 0.25) is 0 Å². The predicted molar refractivity (Wildman–Crippen MR) is 97.0 cm³/mol. The van der Waals surface area contributed by atoms with Crippen LogP contribution in [0.25, 0.3) is 0 Å². The van der Waals surface area contributed by atoms with E-state index in [-0.39, 0.29) is 29.8 Å². The Morgan fingerprint density at radius 1 is 1.19 bits per heavy atom. The summed E-state index contributed by atoms with van der Waals surface area (Å²) in [6.45, 7) is 1.46. The standard InChI is InChI=1S/C18H19N3O4S/c1-12(13-5-3-2-4-6-13)20-18(23)11-19-26(24,25)15-7-8-16-14(9-15)10-17(22)21-16/h2-9,12,19H,10-11H2,1H3,(H,20,23)(H,21,22). The highest BCUT2D eigenvalue weighted by Crippen LogP contribution is 2.25. The minimum atomic E-state index is -3.84. The fourth-order valence-corrected chi connectivity index (χ4v) is 3.77. The van der Waals surface area contributed by atoms with Crippen LogP contribution < -0.4 is 15.4 Å². The van der Waals surface area contributed by atoms with Gasteiger partial charge < -0.3 is 10.6 Å². The summed E-state index contributed by atoms with van der Waals surface area (Å²) in [5.74, 6) is -0.597. The summed E-state index contributed by atoms with van der Waals surface area (Å²) < 4.78 is 27.0. The van der Waals surface area contributed by atoms with E-state index in [1.165, 1.54) is 12.1 Å². The zero-order valence-electron chi connectivity index (χ0n) is 14.2. The molecule has 2 amide bonds. The SMILES string of the molecule is CC(NC(=O)CNS(=O)(=O)c1ccc2c(c1)CC(=O)N2)c1ccccc1. The molecule has 7 nitrogen and oxygen atoms in total. The fourth-order valence-electron chi connectivity index (χ4n) is 2.73. The molecule has 2 aromatic rings. The van der Waals surface area contributed by atoms with E-state index in [0.717, 1.165) is 5.56 Å². The first kappa shape index (κ1) is 18.1. The molecule has 0 fully saturated rings. The molecule has 0 saturated carbocycles. The van der Waals surface area contributed by atoms with Crippen LogP contribution in [0.4, 0.5) is 5.69 Å². The van der Waals surface area contributed by atoms with E-state index in [4.69, 9.17) is 0 Å². The van der Waals surface area contributed by atoms with Crippen molar-refractivity contribution in [3.63, 3.8) is 0 Å². The summed E-state index contributed by atoms with van der Waals surface area (Å²) >= 11 is 0. The fraction of sp³-hybridized carbons (Fsp3) is 0.222. The highest BCUT2D eigenvalue weighted by Gasteiger charge is 2.22. The number of nitrogens with one attached hydrogen (secondary N) is 3. The molecule has 1 heterocycles. The van der Waals surface area contributed by atoms with Gasteiger partial charge in [0.25, 0.3) is 0 Å². The largest absolute Gasteiger partial charge is 0.348 e. The van der Waals surface area contributed by atoms with Crippen LogP contribution in [0.15, 0.2) is 53.4 Å². The van der Waals surface area contributed by atoms with Gasteiger partial charge in [-0.2, -0.15) is 0 Å². The number of hydrogen-bond donors (Lipinski definition) is 3. The average Bonchev–Trinajstić information content (AvgIpc) is 3.00. The molecule has 3 N–H and O–H groups in total. The number of fused-ring (bicyclic) bond motifs is 1. The molecule has 1 aliphatic rings. The van der Waals surface area contributed by atoms with Crippen molar-refractivity contribution in [2.24, 2.45) is 0 Å². The van der Waals surface area contributed by atoms with Crippen molar-refractivity contribution in [3.8, 4) is 0 Å². The molecule has 1 aliphatic heterocycles. The third-order valence-corrected chi connectivity index (χ3v) is 5.51. The van der Waals surface area contributed by atoms with Gasteiger partial charge in [0.15, 0.2) is 0 Å². The van der Waals surface area contributed by atoms with Crippen molar-refractivity contribution in [1.82, 2.24) is 10.0 Å². The maximum absolute atomic E-state index is 12.4. The van der Waals surface area contributed by atoms with Gasteiger partial charge in [0.1, 0.15) is 0 Å². The first-order valence-corrected chi connectivity index (χ1v) is 9.60. The van der Waals surface area contributed by atoms with E-state index >= 15 is 0 Å². The molecule has 0 radical (unpaired) electrons. The topological polar surface area (TPSA) is 104 Å². The highest BCUT2D eigenvalue weighted by atomic mass is 32.2. The van der Waals surface area contributed by atoms with Crippen LogP contribution in [0.5, 0.6) is 0 Å². The Labute approximate surface area is 151 Å². The monoisotopic (exact) mass is 373 g/mol. The van der Waals surface area contributed by atoms with Crippen LogP contribution in [-0.2, 0) is 26.0 Å². The van der Waals surface area contributed by atoms with Crippen molar-refractivity contribution in [2.45, 2.75) is 24.3 Å². The predicted octanol–water partition coefficient (Wildman–Crippen LogP) is 1.34. The summed E-state index contributed by atoms with van der Waals surface area (Å²) in [5, 5.41) is 5.39. The van der Waals surface area contributed by atoms with Crippen molar-refractivity contribution in [2.75, 3.05) is 11.9 Å². The van der Waals surface area contributed by atoms with E-state index < -0.39 is 15.9 Å². The van der Waals surface area contributed by atoms with Gasteiger partial charge in [-0.05, 0) is 36.2 Å². The van der Waals surface area contributed by atoms with E-state index in [1.807, 2.05) is 37.3 Å². The average molecular weight is 373 g/mol. The van der Waals surface area contributed by atoms with Gasteiger partial charge in [-0.25, -0.2) is 13.1 Å². The third kappa shape index (κ3) is 4.09. The molecule has 2 aromatic carbocycles. The number of amides is 2. The van der Waals surface area contributed by atoms with Crippen LogP contribution in [0.1, 0.15) is 24.1 Å². The van der Waals surface area contributed by atoms with Crippen LogP contribution in [-0.4, -0.2) is 26.8 Å². The number of benzene rings is 2. The summed E-state index contributed by atoms with van der Waals surface area (Å²) in [6.07, 6.45) is 0.147.